The number of hydrogen-bond donors (Lipinski definition) is 0. The van der Waals surface area contributed by atoms with Crippen LogP contribution in [0.3, 0.4) is 0 Å². The van der Waals surface area contributed by atoms with Crippen molar-refractivity contribution < 1.29 is 23.8 Å². The Bertz CT molecular complexity index is 478. The third-order valence-electron chi connectivity index (χ3n) is 2.64. The third kappa shape index (κ3) is 2.08. The van der Waals surface area contributed by atoms with Gasteiger partial charge in [0.1, 0.15) is 11.5 Å². The molecule has 0 spiro atoms. The second-order valence-corrected chi connectivity index (χ2v) is 3.62. The first-order valence-corrected chi connectivity index (χ1v) is 5.15. The molecule has 0 unspecified atom stereocenters. The summed E-state index contributed by atoms with van der Waals surface area (Å²) in [6.07, 6.45) is 0.592. The minimum absolute atomic E-state index is 0.168. The van der Waals surface area contributed by atoms with E-state index in [0.29, 0.717) is 29.0 Å². The van der Waals surface area contributed by atoms with Crippen molar-refractivity contribution in [2.45, 2.75) is 12.8 Å². The van der Waals surface area contributed by atoms with E-state index in [2.05, 4.69) is 4.74 Å². The van der Waals surface area contributed by atoms with Gasteiger partial charge in [-0.05, 0) is 12.5 Å². The smallest absolute Gasteiger partial charge is 0.346 e. The lowest BCUT2D eigenvalue weighted by atomic mass is 10.0. The standard InChI is InChI=1S/C12H12O5/c1-15-7-5-9-8(10(6-7)16-2)3-4-11(13)17-12(9)14/h5-6H,3-4H2,1-2H3. The highest BCUT2D eigenvalue weighted by Gasteiger charge is 2.25. The van der Waals surface area contributed by atoms with Gasteiger partial charge in [0.2, 0.25) is 0 Å². The Morgan fingerprint density at radius 3 is 2.53 bits per heavy atom. The van der Waals surface area contributed by atoms with Crippen molar-refractivity contribution in [3.8, 4) is 11.5 Å². The highest BCUT2D eigenvalue weighted by atomic mass is 16.6. The van der Waals surface area contributed by atoms with Crippen LogP contribution in [0.15, 0.2) is 12.1 Å². The SMILES string of the molecule is COc1cc(OC)c2c(c1)C(=O)OC(=O)CC2. The van der Waals surface area contributed by atoms with Gasteiger partial charge in [0.05, 0.1) is 26.2 Å². The second kappa shape index (κ2) is 4.45. The summed E-state index contributed by atoms with van der Waals surface area (Å²) < 4.78 is 14.9. The molecule has 1 aliphatic rings. The summed E-state index contributed by atoms with van der Waals surface area (Å²) in [5.74, 6) is -0.148. The number of hydrogen-bond acceptors (Lipinski definition) is 5. The zero-order valence-electron chi connectivity index (χ0n) is 9.61. The predicted octanol–water partition coefficient (Wildman–Crippen LogP) is 1.33. The molecular weight excluding hydrogens is 224 g/mol. The Labute approximate surface area is 98.3 Å². The Morgan fingerprint density at radius 1 is 1.12 bits per heavy atom. The van der Waals surface area contributed by atoms with Crippen LogP contribution in [-0.2, 0) is 16.0 Å². The number of cyclic esters (lactones) is 2. The summed E-state index contributed by atoms with van der Waals surface area (Å²) in [7, 11) is 3.00. The molecule has 5 nitrogen and oxygen atoms in total. The van der Waals surface area contributed by atoms with Crippen molar-refractivity contribution >= 4 is 11.9 Å². The van der Waals surface area contributed by atoms with Crippen LogP contribution in [0.2, 0.25) is 0 Å². The topological polar surface area (TPSA) is 61.8 Å². The zero-order chi connectivity index (χ0) is 12.4. The quantitative estimate of drug-likeness (QED) is 0.572. The van der Waals surface area contributed by atoms with Gasteiger partial charge in [-0.15, -0.1) is 0 Å². The van der Waals surface area contributed by atoms with Crippen molar-refractivity contribution in [2.75, 3.05) is 14.2 Å². The summed E-state index contributed by atoms with van der Waals surface area (Å²) >= 11 is 0. The molecule has 0 saturated carbocycles. The molecule has 5 heteroatoms. The van der Waals surface area contributed by atoms with Gasteiger partial charge in [-0.2, -0.15) is 0 Å². The summed E-state index contributed by atoms with van der Waals surface area (Å²) in [5, 5.41) is 0. The van der Waals surface area contributed by atoms with E-state index in [0.717, 1.165) is 0 Å². The first-order chi connectivity index (χ1) is 8.15. The third-order valence-corrected chi connectivity index (χ3v) is 2.64. The molecule has 0 aromatic heterocycles. The molecule has 0 fully saturated rings. The molecule has 0 saturated heterocycles. The Balaban J connectivity index is 2.57. The second-order valence-electron chi connectivity index (χ2n) is 3.62. The number of methoxy groups -OCH3 is 2. The minimum Gasteiger partial charge on any atom is -0.497 e. The first-order valence-electron chi connectivity index (χ1n) is 5.15. The van der Waals surface area contributed by atoms with Crippen molar-refractivity contribution in [3.63, 3.8) is 0 Å². The average molecular weight is 236 g/mol. The monoisotopic (exact) mass is 236 g/mol. The molecule has 1 aliphatic heterocycles. The highest BCUT2D eigenvalue weighted by molar-refractivity contribution is 6.00. The largest absolute Gasteiger partial charge is 0.497 e. The van der Waals surface area contributed by atoms with Gasteiger partial charge in [-0.25, -0.2) is 4.79 Å². The summed E-state index contributed by atoms with van der Waals surface area (Å²) in [5.41, 5.74) is 1.01. The molecule has 0 aliphatic carbocycles. The number of carbonyl (C=O) groups excluding carboxylic acids is 2. The fraction of sp³-hybridized carbons (Fsp3) is 0.333. The van der Waals surface area contributed by atoms with Crippen molar-refractivity contribution in [1.29, 1.82) is 0 Å². The number of esters is 2. The normalized spacial score (nSPS) is 14.7. The van der Waals surface area contributed by atoms with E-state index in [4.69, 9.17) is 9.47 Å². The van der Waals surface area contributed by atoms with Crippen LogP contribution >= 0.6 is 0 Å². The predicted molar refractivity (Wildman–Crippen MR) is 58.3 cm³/mol. The molecule has 0 amide bonds. The van der Waals surface area contributed by atoms with E-state index in [9.17, 15) is 9.59 Å². The Hall–Kier alpha value is -2.04. The molecule has 2 rings (SSSR count). The number of fused-ring (bicyclic) bond motifs is 1. The highest BCUT2D eigenvalue weighted by Crippen LogP contribution is 2.31. The Kier molecular flexibility index (Phi) is 2.99. The summed E-state index contributed by atoms with van der Waals surface area (Å²) in [6.45, 7) is 0. The van der Waals surface area contributed by atoms with Gasteiger partial charge in [-0.3, -0.25) is 4.79 Å². The molecule has 0 N–H and O–H groups in total. The van der Waals surface area contributed by atoms with E-state index in [1.165, 1.54) is 14.2 Å². The lowest BCUT2D eigenvalue weighted by Crippen LogP contribution is -2.09. The fourth-order valence-corrected chi connectivity index (χ4v) is 1.80. The molecule has 90 valence electrons. The molecule has 1 aromatic carbocycles. The number of ether oxygens (including phenoxy) is 3. The molecule has 1 aromatic rings. The first kappa shape index (κ1) is 11.4. The van der Waals surface area contributed by atoms with Crippen LogP contribution in [0.4, 0.5) is 0 Å². The number of rotatable bonds is 2. The van der Waals surface area contributed by atoms with Gasteiger partial charge in [0, 0.05) is 11.6 Å². The minimum atomic E-state index is -0.653. The van der Waals surface area contributed by atoms with E-state index in [-0.39, 0.29) is 6.42 Å². The fourth-order valence-electron chi connectivity index (χ4n) is 1.80. The van der Waals surface area contributed by atoms with Gasteiger partial charge in [0.25, 0.3) is 0 Å². The molecular formula is C12H12O5. The van der Waals surface area contributed by atoms with Crippen LogP contribution < -0.4 is 9.47 Å². The van der Waals surface area contributed by atoms with Gasteiger partial charge in [-0.1, -0.05) is 0 Å². The van der Waals surface area contributed by atoms with Crippen LogP contribution in [0.25, 0.3) is 0 Å². The van der Waals surface area contributed by atoms with Crippen LogP contribution in [-0.4, -0.2) is 26.2 Å². The van der Waals surface area contributed by atoms with E-state index in [1.807, 2.05) is 0 Å². The maximum atomic E-state index is 11.7. The van der Waals surface area contributed by atoms with E-state index < -0.39 is 11.9 Å². The van der Waals surface area contributed by atoms with Crippen LogP contribution in [0.1, 0.15) is 22.3 Å². The summed E-state index contributed by atoms with van der Waals surface area (Å²) in [4.78, 5) is 22.9. The lowest BCUT2D eigenvalue weighted by Gasteiger charge is -2.11. The van der Waals surface area contributed by atoms with Gasteiger partial charge >= 0.3 is 11.9 Å². The maximum Gasteiger partial charge on any atom is 0.346 e. The molecule has 0 radical (unpaired) electrons. The van der Waals surface area contributed by atoms with E-state index >= 15 is 0 Å². The van der Waals surface area contributed by atoms with Crippen LogP contribution in [0.5, 0.6) is 11.5 Å². The maximum absolute atomic E-state index is 11.7. The molecule has 1 heterocycles. The van der Waals surface area contributed by atoms with Crippen molar-refractivity contribution in [2.24, 2.45) is 0 Å². The molecule has 17 heavy (non-hydrogen) atoms. The van der Waals surface area contributed by atoms with Gasteiger partial charge < -0.3 is 14.2 Å². The lowest BCUT2D eigenvalue weighted by molar-refractivity contribution is -0.137. The van der Waals surface area contributed by atoms with Crippen LogP contribution in [0, 0.1) is 0 Å². The molecule has 0 atom stereocenters. The zero-order valence-corrected chi connectivity index (χ0v) is 9.61. The van der Waals surface area contributed by atoms with Crippen molar-refractivity contribution in [1.82, 2.24) is 0 Å². The van der Waals surface area contributed by atoms with Gasteiger partial charge in [0.15, 0.2) is 0 Å². The molecule has 0 bridgehead atoms. The van der Waals surface area contributed by atoms with Crippen molar-refractivity contribution in [3.05, 3.63) is 23.3 Å². The average Bonchev–Trinajstić information content (AvgIpc) is 2.48. The summed E-state index contributed by atoms with van der Waals surface area (Å²) in [6, 6.07) is 3.24. The number of carbonyl (C=O) groups is 2. The Morgan fingerprint density at radius 2 is 1.88 bits per heavy atom. The number of benzene rings is 1. The van der Waals surface area contributed by atoms with E-state index in [1.54, 1.807) is 12.1 Å².